The normalized spacial score (nSPS) is 12.0. The summed E-state index contributed by atoms with van der Waals surface area (Å²) < 4.78 is 6.88. The summed E-state index contributed by atoms with van der Waals surface area (Å²) in [6, 6.07) is 3.39. The number of rotatable bonds is 8. The molecule has 1 atom stereocenters. The molecule has 2 aromatic heterocycles. The number of urea groups is 1. The maximum absolute atomic E-state index is 12.6. The van der Waals surface area contributed by atoms with Crippen LogP contribution in [-0.2, 0) is 17.8 Å². The second-order valence-electron chi connectivity index (χ2n) is 5.38. The first kappa shape index (κ1) is 17.9. The molecule has 2 rings (SSSR count). The van der Waals surface area contributed by atoms with Gasteiger partial charge in [-0.25, -0.2) is 14.5 Å². The number of methoxy groups -OCH3 is 1. The molecular weight excluding hydrogens is 308 g/mol. The van der Waals surface area contributed by atoms with Crippen LogP contribution in [0.25, 0.3) is 0 Å². The molecular formula is C16H24N6O2. The fraction of sp³-hybridized carbons (Fsp3) is 0.500. The number of ether oxygens (including phenoxy) is 1. The van der Waals surface area contributed by atoms with Gasteiger partial charge >= 0.3 is 6.03 Å². The molecule has 0 aliphatic rings. The zero-order valence-corrected chi connectivity index (χ0v) is 14.3. The van der Waals surface area contributed by atoms with Crippen LogP contribution in [0.3, 0.4) is 0 Å². The molecule has 8 nitrogen and oxygen atoms in total. The van der Waals surface area contributed by atoms with Crippen molar-refractivity contribution >= 4 is 6.03 Å². The lowest BCUT2D eigenvalue weighted by atomic mass is 10.2. The van der Waals surface area contributed by atoms with E-state index in [2.05, 4.69) is 20.4 Å². The topological polar surface area (TPSA) is 85.2 Å². The molecule has 0 radical (unpaired) electrons. The molecule has 0 aliphatic carbocycles. The van der Waals surface area contributed by atoms with Gasteiger partial charge in [0.05, 0.1) is 12.6 Å². The van der Waals surface area contributed by atoms with Crippen molar-refractivity contribution in [2.45, 2.75) is 33.0 Å². The number of carbonyl (C=O) groups excluding carboxylic acids is 1. The Morgan fingerprint density at radius 1 is 1.50 bits per heavy atom. The summed E-state index contributed by atoms with van der Waals surface area (Å²) in [7, 11) is 1.62. The molecule has 2 heterocycles. The van der Waals surface area contributed by atoms with Gasteiger partial charge in [0.15, 0.2) is 0 Å². The van der Waals surface area contributed by atoms with E-state index >= 15 is 0 Å². The third-order valence-electron chi connectivity index (χ3n) is 3.62. The highest BCUT2D eigenvalue weighted by Gasteiger charge is 2.19. The first-order chi connectivity index (χ1) is 11.7. The number of amides is 2. The van der Waals surface area contributed by atoms with Crippen molar-refractivity contribution in [2.75, 3.05) is 20.3 Å². The summed E-state index contributed by atoms with van der Waals surface area (Å²) in [6.45, 7) is 6.01. The summed E-state index contributed by atoms with van der Waals surface area (Å²) in [4.78, 5) is 22.7. The number of nitrogens with zero attached hydrogens (tertiary/aromatic N) is 5. The number of pyridine rings is 1. The highest BCUT2D eigenvalue weighted by atomic mass is 16.5. The van der Waals surface area contributed by atoms with E-state index in [1.165, 1.54) is 6.33 Å². The summed E-state index contributed by atoms with van der Waals surface area (Å²) in [5, 5.41) is 7.11. The Bertz CT molecular complexity index is 631. The van der Waals surface area contributed by atoms with Gasteiger partial charge < -0.3 is 15.0 Å². The molecule has 1 N–H and O–H groups in total. The molecule has 8 heteroatoms. The fourth-order valence-corrected chi connectivity index (χ4v) is 2.36. The van der Waals surface area contributed by atoms with E-state index in [0.29, 0.717) is 26.2 Å². The zero-order chi connectivity index (χ0) is 17.4. The summed E-state index contributed by atoms with van der Waals surface area (Å²) in [5.74, 6) is 0.735. The van der Waals surface area contributed by atoms with Crippen LogP contribution in [0.2, 0.25) is 0 Å². The zero-order valence-electron chi connectivity index (χ0n) is 14.3. The van der Waals surface area contributed by atoms with Gasteiger partial charge in [-0.1, -0.05) is 6.07 Å². The average molecular weight is 332 g/mol. The number of aromatic nitrogens is 4. The van der Waals surface area contributed by atoms with Gasteiger partial charge in [-0.3, -0.25) is 4.98 Å². The lowest BCUT2D eigenvalue weighted by Crippen LogP contribution is -2.42. The van der Waals surface area contributed by atoms with Gasteiger partial charge in [-0.15, -0.1) is 0 Å². The Hall–Kier alpha value is -2.48. The monoisotopic (exact) mass is 332 g/mol. The first-order valence-electron chi connectivity index (χ1n) is 7.96. The van der Waals surface area contributed by atoms with E-state index in [1.807, 2.05) is 26.0 Å². The highest BCUT2D eigenvalue weighted by Crippen LogP contribution is 2.10. The first-order valence-corrected chi connectivity index (χ1v) is 7.96. The maximum atomic E-state index is 12.6. The Kier molecular flexibility index (Phi) is 6.68. The van der Waals surface area contributed by atoms with Gasteiger partial charge in [0, 0.05) is 39.1 Å². The molecule has 0 saturated heterocycles. The van der Waals surface area contributed by atoms with Crippen LogP contribution < -0.4 is 5.32 Å². The molecule has 24 heavy (non-hydrogen) atoms. The molecule has 0 aliphatic heterocycles. The molecule has 0 bridgehead atoms. The Balaban J connectivity index is 2.03. The van der Waals surface area contributed by atoms with E-state index in [4.69, 9.17) is 4.74 Å². The lowest BCUT2D eigenvalue weighted by molar-refractivity contribution is 0.144. The van der Waals surface area contributed by atoms with E-state index < -0.39 is 0 Å². The van der Waals surface area contributed by atoms with Crippen LogP contribution >= 0.6 is 0 Å². The van der Waals surface area contributed by atoms with Gasteiger partial charge in [0.25, 0.3) is 0 Å². The molecule has 0 unspecified atom stereocenters. The Morgan fingerprint density at radius 3 is 3.00 bits per heavy atom. The van der Waals surface area contributed by atoms with E-state index in [1.54, 1.807) is 29.1 Å². The van der Waals surface area contributed by atoms with E-state index in [9.17, 15) is 4.79 Å². The van der Waals surface area contributed by atoms with Crippen molar-refractivity contribution in [1.29, 1.82) is 0 Å². The smallest absolute Gasteiger partial charge is 0.318 e. The van der Waals surface area contributed by atoms with Crippen LogP contribution in [0.1, 0.15) is 31.3 Å². The minimum absolute atomic E-state index is 0.172. The predicted octanol–water partition coefficient (Wildman–Crippen LogP) is 1.61. The summed E-state index contributed by atoms with van der Waals surface area (Å²) in [6.07, 6.45) is 4.97. The van der Waals surface area contributed by atoms with Crippen LogP contribution in [0.4, 0.5) is 4.79 Å². The minimum Gasteiger partial charge on any atom is -0.383 e. The molecule has 2 aromatic rings. The third kappa shape index (κ3) is 4.76. The number of aryl methyl sites for hydroxylation is 1. The van der Waals surface area contributed by atoms with E-state index in [0.717, 1.165) is 11.4 Å². The number of hydrogen-bond acceptors (Lipinski definition) is 5. The van der Waals surface area contributed by atoms with Crippen LogP contribution in [0.5, 0.6) is 0 Å². The molecule has 130 valence electrons. The van der Waals surface area contributed by atoms with Crippen molar-refractivity contribution in [1.82, 2.24) is 30.0 Å². The number of nitrogens with one attached hydrogen (secondary N) is 1. The Labute approximate surface area is 141 Å². The molecule has 0 spiro atoms. The van der Waals surface area contributed by atoms with E-state index in [-0.39, 0.29) is 12.1 Å². The average Bonchev–Trinajstić information content (AvgIpc) is 3.08. The summed E-state index contributed by atoms with van der Waals surface area (Å²) >= 11 is 0. The van der Waals surface area contributed by atoms with Crippen molar-refractivity contribution in [3.05, 3.63) is 42.2 Å². The van der Waals surface area contributed by atoms with Crippen molar-refractivity contribution in [3.8, 4) is 0 Å². The lowest BCUT2D eigenvalue weighted by Gasteiger charge is -2.25. The number of carbonyl (C=O) groups is 1. The third-order valence-corrected chi connectivity index (χ3v) is 3.62. The Morgan fingerprint density at radius 2 is 2.33 bits per heavy atom. The van der Waals surface area contributed by atoms with Crippen LogP contribution in [-0.4, -0.2) is 50.9 Å². The molecule has 0 fully saturated rings. The van der Waals surface area contributed by atoms with Crippen LogP contribution in [0.15, 0.2) is 30.9 Å². The SMILES string of the molecule is CCn1ncnc1[C@@H](C)NC(=O)N(CCOC)Cc1cccnc1. The predicted molar refractivity (Wildman–Crippen MR) is 89.2 cm³/mol. The van der Waals surface area contributed by atoms with Crippen molar-refractivity contribution in [2.24, 2.45) is 0 Å². The quantitative estimate of drug-likeness (QED) is 0.794. The summed E-state index contributed by atoms with van der Waals surface area (Å²) in [5.41, 5.74) is 0.966. The molecule has 0 aromatic carbocycles. The van der Waals surface area contributed by atoms with Gasteiger partial charge in [0.1, 0.15) is 12.2 Å². The second-order valence-corrected chi connectivity index (χ2v) is 5.38. The molecule has 0 saturated carbocycles. The standard InChI is InChI=1S/C16H24N6O2/c1-4-22-15(18-12-19-22)13(2)20-16(23)21(8-9-24-3)11-14-6-5-7-17-10-14/h5-7,10,12-13H,4,8-9,11H2,1-3H3,(H,20,23)/t13-/m1/s1. The van der Waals surface area contributed by atoms with Crippen LogP contribution in [0, 0.1) is 0 Å². The van der Waals surface area contributed by atoms with Gasteiger partial charge in [-0.05, 0) is 25.5 Å². The van der Waals surface area contributed by atoms with Crippen molar-refractivity contribution < 1.29 is 9.53 Å². The maximum Gasteiger partial charge on any atom is 0.318 e. The van der Waals surface area contributed by atoms with Crippen molar-refractivity contribution in [3.63, 3.8) is 0 Å². The fourth-order valence-electron chi connectivity index (χ4n) is 2.36. The van der Waals surface area contributed by atoms with Gasteiger partial charge in [-0.2, -0.15) is 5.10 Å². The number of hydrogen-bond donors (Lipinski definition) is 1. The second kappa shape index (κ2) is 8.97. The largest absolute Gasteiger partial charge is 0.383 e. The molecule has 2 amide bonds. The van der Waals surface area contributed by atoms with Gasteiger partial charge in [0.2, 0.25) is 0 Å². The minimum atomic E-state index is -0.237. The highest BCUT2D eigenvalue weighted by molar-refractivity contribution is 5.74.